The average molecular weight is 187 g/mol. The van der Waals surface area contributed by atoms with Gasteiger partial charge in [0.1, 0.15) is 0 Å². The van der Waals surface area contributed by atoms with Gasteiger partial charge in [-0.25, -0.2) is 0 Å². The number of piperidine rings is 1. The maximum atomic E-state index is 8.83. The lowest BCUT2D eigenvalue weighted by Crippen LogP contribution is -2.41. The molecule has 1 fully saturated rings. The predicted molar refractivity (Wildman–Crippen MR) is 52.6 cm³/mol. The van der Waals surface area contributed by atoms with Gasteiger partial charge >= 0.3 is 0 Å². The molecule has 3 nitrogen and oxygen atoms in total. The molecule has 3 atom stereocenters. The SMILES string of the molecule is CC(CO)COC1CNCCC1C. The first-order chi connectivity index (χ1) is 6.24. The molecule has 0 saturated carbocycles. The third kappa shape index (κ3) is 3.63. The Morgan fingerprint density at radius 3 is 3.00 bits per heavy atom. The van der Waals surface area contributed by atoms with Crippen LogP contribution in [-0.2, 0) is 4.74 Å². The minimum Gasteiger partial charge on any atom is -0.396 e. The molecule has 0 aliphatic carbocycles. The van der Waals surface area contributed by atoms with Crippen molar-refractivity contribution in [3.05, 3.63) is 0 Å². The van der Waals surface area contributed by atoms with Gasteiger partial charge < -0.3 is 15.2 Å². The van der Waals surface area contributed by atoms with Crippen LogP contribution in [0.15, 0.2) is 0 Å². The van der Waals surface area contributed by atoms with Gasteiger partial charge in [-0.15, -0.1) is 0 Å². The first-order valence-corrected chi connectivity index (χ1v) is 5.17. The summed E-state index contributed by atoms with van der Waals surface area (Å²) in [6.45, 7) is 7.19. The van der Waals surface area contributed by atoms with Crippen molar-refractivity contribution in [2.45, 2.75) is 26.4 Å². The maximum Gasteiger partial charge on any atom is 0.0725 e. The second-order valence-corrected chi connectivity index (χ2v) is 4.13. The van der Waals surface area contributed by atoms with Gasteiger partial charge in [-0.05, 0) is 18.9 Å². The summed E-state index contributed by atoms with van der Waals surface area (Å²) in [6.07, 6.45) is 1.53. The normalized spacial score (nSPS) is 31.6. The summed E-state index contributed by atoms with van der Waals surface area (Å²) in [5, 5.41) is 12.2. The van der Waals surface area contributed by atoms with Crippen LogP contribution in [-0.4, -0.2) is 37.5 Å². The van der Waals surface area contributed by atoms with Crippen LogP contribution in [0.2, 0.25) is 0 Å². The number of aliphatic hydroxyl groups is 1. The van der Waals surface area contributed by atoms with Gasteiger partial charge in [-0.1, -0.05) is 13.8 Å². The molecule has 78 valence electrons. The molecular formula is C10H21NO2. The molecule has 13 heavy (non-hydrogen) atoms. The fourth-order valence-electron chi connectivity index (χ4n) is 1.52. The van der Waals surface area contributed by atoms with Gasteiger partial charge in [0.2, 0.25) is 0 Å². The van der Waals surface area contributed by atoms with Crippen LogP contribution in [0.3, 0.4) is 0 Å². The standard InChI is InChI=1S/C10H21NO2/c1-8(6-12)7-13-10-5-11-4-3-9(10)2/h8-12H,3-7H2,1-2H3. The summed E-state index contributed by atoms with van der Waals surface area (Å²) in [5.74, 6) is 0.904. The van der Waals surface area contributed by atoms with Crippen LogP contribution in [0.25, 0.3) is 0 Å². The maximum absolute atomic E-state index is 8.83. The van der Waals surface area contributed by atoms with Crippen molar-refractivity contribution in [2.24, 2.45) is 11.8 Å². The van der Waals surface area contributed by atoms with E-state index in [-0.39, 0.29) is 12.5 Å². The Morgan fingerprint density at radius 2 is 2.38 bits per heavy atom. The Bertz CT molecular complexity index is 141. The van der Waals surface area contributed by atoms with E-state index in [9.17, 15) is 0 Å². The molecule has 1 aliphatic heterocycles. The first-order valence-electron chi connectivity index (χ1n) is 5.17. The Morgan fingerprint density at radius 1 is 1.62 bits per heavy atom. The van der Waals surface area contributed by atoms with E-state index in [1.165, 1.54) is 6.42 Å². The lowest BCUT2D eigenvalue weighted by Gasteiger charge is -2.30. The van der Waals surface area contributed by atoms with Crippen molar-refractivity contribution in [2.75, 3.05) is 26.3 Å². The topological polar surface area (TPSA) is 41.5 Å². The van der Waals surface area contributed by atoms with Crippen LogP contribution in [0, 0.1) is 11.8 Å². The smallest absolute Gasteiger partial charge is 0.0725 e. The molecule has 1 saturated heterocycles. The van der Waals surface area contributed by atoms with Crippen LogP contribution in [0.1, 0.15) is 20.3 Å². The monoisotopic (exact) mass is 187 g/mol. The Kier molecular flexibility index (Phi) is 4.70. The highest BCUT2D eigenvalue weighted by atomic mass is 16.5. The molecule has 0 amide bonds. The lowest BCUT2D eigenvalue weighted by atomic mass is 9.97. The van der Waals surface area contributed by atoms with Gasteiger partial charge in [0.05, 0.1) is 12.7 Å². The van der Waals surface area contributed by atoms with Gasteiger partial charge in [-0.2, -0.15) is 0 Å². The van der Waals surface area contributed by atoms with E-state index in [0.717, 1.165) is 13.1 Å². The third-order valence-corrected chi connectivity index (χ3v) is 2.66. The summed E-state index contributed by atoms with van der Waals surface area (Å²) in [7, 11) is 0. The molecule has 0 aromatic heterocycles. The minimum absolute atomic E-state index is 0.217. The van der Waals surface area contributed by atoms with Crippen LogP contribution < -0.4 is 5.32 Å². The molecule has 1 heterocycles. The van der Waals surface area contributed by atoms with E-state index >= 15 is 0 Å². The Hall–Kier alpha value is -0.120. The number of nitrogens with one attached hydrogen (secondary N) is 1. The van der Waals surface area contributed by atoms with Gasteiger partial charge in [0, 0.05) is 19.1 Å². The van der Waals surface area contributed by atoms with Crippen molar-refractivity contribution >= 4 is 0 Å². The number of rotatable bonds is 4. The van der Waals surface area contributed by atoms with Crippen molar-refractivity contribution in [3.63, 3.8) is 0 Å². The Labute approximate surface area is 80.5 Å². The zero-order chi connectivity index (χ0) is 9.68. The van der Waals surface area contributed by atoms with Crippen LogP contribution in [0.4, 0.5) is 0 Å². The van der Waals surface area contributed by atoms with Gasteiger partial charge in [0.25, 0.3) is 0 Å². The van der Waals surface area contributed by atoms with E-state index in [1.807, 2.05) is 6.92 Å². The van der Waals surface area contributed by atoms with E-state index in [4.69, 9.17) is 9.84 Å². The summed E-state index contributed by atoms with van der Waals surface area (Å²) in [6, 6.07) is 0. The molecule has 1 aliphatic rings. The van der Waals surface area contributed by atoms with E-state index in [1.54, 1.807) is 0 Å². The molecule has 0 spiro atoms. The molecule has 1 rings (SSSR count). The predicted octanol–water partition coefficient (Wildman–Crippen LogP) is 0.629. The lowest BCUT2D eigenvalue weighted by molar-refractivity contribution is -0.0188. The highest BCUT2D eigenvalue weighted by Gasteiger charge is 2.21. The number of aliphatic hydroxyl groups excluding tert-OH is 1. The largest absolute Gasteiger partial charge is 0.396 e. The van der Waals surface area contributed by atoms with E-state index in [2.05, 4.69) is 12.2 Å². The molecule has 0 bridgehead atoms. The molecule has 0 aromatic rings. The van der Waals surface area contributed by atoms with Crippen molar-refractivity contribution in [1.82, 2.24) is 5.32 Å². The van der Waals surface area contributed by atoms with Crippen molar-refractivity contribution < 1.29 is 9.84 Å². The highest BCUT2D eigenvalue weighted by Crippen LogP contribution is 2.15. The molecule has 3 heteroatoms. The van der Waals surface area contributed by atoms with Crippen LogP contribution in [0.5, 0.6) is 0 Å². The summed E-state index contributed by atoms with van der Waals surface area (Å²) < 4.78 is 5.73. The summed E-state index contributed by atoms with van der Waals surface area (Å²) in [4.78, 5) is 0. The highest BCUT2D eigenvalue weighted by molar-refractivity contribution is 4.75. The summed E-state index contributed by atoms with van der Waals surface area (Å²) in [5.41, 5.74) is 0. The van der Waals surface area contributed by atoms with Crippen molar-refractivity contribution in [3.8, 4) is 0 Å². The molecule has 0 aromatic carbocycles. The molecular weight excluding hydrogens is 166 g/mol. The molecule has 3 unspecified atom stereocenters. The number of hydrogen-bond acceptors (Lipinski definition) is 3. The fourth-order valence-corrected chi connectivity index (χ4v) is 1.52. The second-order valence-electron chi connectivity index (χ2n) is 4.13. The molecule has 0 radical (unpaired) electrons. The average Bonchev–Trinajstić information content (AvgIpc) is 2.16. The van der Waals surface area contributed by atoms with Gasteiger partial charge in [-0.3, -0.25) is 0 Å². The minimum atomic E-state index is 0.217. The fraction of sp³-hybridized carbons (Fsp3) is 1.00. The van der Waals surface area contributed by atoms with Crippen molar-refractivity contribution in [1.29, 1.82) is 0 Å². The first kappa shape index (κ1) is 11.0. The zero-order valence-corrected chi connectivity index (χ0v) is 8.62. The zero-order valence-electron chi connectivity index (χ0n) is 8.62. The molecule has 2 N–H and O–H groups in total. The number of ether oxygens (including phenoxy) is 1. The Balaban J connectivity index is 2.18. The second kappa shape index (κ2) is 5.58. The van der Waals surface area contributed by atoms with Gasteiger partial charge in [0.15, 0.2) is 0 Å². The quantitative estimate of drug-likeness (QED) is 0.678. The third-order valence-electron chi connectivity index (χ3n) is 2.66. The van der Waals surface area contributed by atoms with Crippen LogP contribution >= 0.6 is 0 Å². The van der Waals surface area contributed by atoms with E-state index < -0.39 is 0 Å². The number of hydrogen-bond donors (Lipinski definition) is 2. The summed E-state index contributed by atoms with van der Waals surface area (Å²) >= 11 is 0. The van der Waals surface area contributed by atoms with E-state index in [0.29, 0.717) is 18.6 Å².